The Balaban J connectivity index is 1.85. The minimum Gasteiger partial charge on any atom is -0.477 e. The van der Waals surface area contributed by atoms with Gasteiger partial charge in [-0.25, -0.2) is 9.97 Å². The second-order valence-electron chi connectivity index (χ2n) is 4.26. The van der Waals surface area contributed by atoms with Gasteiger partial charge in [0, 0.05) is 25.8 Å². The van der Waals surface area contributed by atoms with Crippen molar-refractivity contribution in [2.24, 2.45) is 0 Å². The monoisotopic (exact) mass is 277 g/mol. The highest BCUT2D eigenvalue weighted by Gasteiger charge is 2.05. The zero-order valence-corrected chi connectivity index (χ0v) is 11.5. The van der Waals surface area contributed by atoms with Crippen LogP contribution in [0.5, 0.6) is 5.88 Å². The highest BCUT2D eigenvalue weighted by Crippen LogP contribution is 2.23. The van der Waals surface area contributed by atoms with Gasteiger partial charge in [0.25, 0.3) is 0 Å². The van der Waals surface area contributed by atoms with E-state index in [4.69, 9.17) is 19.9 Å². The Morgan fingerprint density at radius 3 is 2.85 bits per heavy atom. The number of hydrogen-bond acceptors (Lipinski definition) is 6. The maximum atomic E-state index is 5.77. The molecule has 0 unspecified atom stereocenters. The van der Waals surface area contributed by atoms with Crippen molar-refractivity contribution < 1.29 is 14.2 Å². The first-order valence-electron chi connectivity index (χ1n) is 6.51. The van der Waals surface area contributed by atoms with E-state index in [0.717, 1.165) is 17.3 Å². The maximum absolute atomic E-state index is 5.77. The fourth-order valence-corrected chi connectivity index (χ4v) is 1.74. The van der Waals surface area contributed by atoms with E-state index in [1.165, 1.54) is 6.33 Å². The zero-order valence-electron chi connectivity index (χ0n) is 11.5. The largest absolute Gasteiger partial charge is 0.477 e. The van der Waals surface area contributed by atoms with Crippen LogP contribution in [0, 0.1) is 0 Å². The van der Waals surface area contributed by atoms with E-state index in [0.29, 0.717) is 38.0 Å². The van der Waals surface area contributed by atoms with Crippen LogP contribution in [0.1, 0.15) is 6.42 Å². The Bertz CT molecular complexity index is 548. The molecule has 0 bridgehead atoms. The van der Waals surface area contributed by atoms with Crippen LogP contribution in [0.3, 0.4) is 0 Å². The Kier molecular flexibility index (Phi) is 5.52. The highest BCUT2D eigenvalue weighted by atomic mass is 16.5. The number of fused-ring (bicyclic) bond motifs is 1. The lowest BCUT2D eigenvalue weighted by atomic mass is 10.2. The third kappa shape index (κ3) is 4.04. The zero-order chi connectivity index (χ0) is 14.2. The molecular weight excluding hydrogens is 258 g/mol. The number of hydrogen-bond donors (Lipinski definition) is 1. The lowest BCUT2D eigenvalue weighted by molar-refractivity contribution is 0.0643. The van der Waals surface area contributed by atoms with E-state index in [1.54, 1.807) is 7.11 Å². The summed E-state index contributed by atoms with van der Waals surface area (Å²) >= 11 is 0. The summed E-state index contributed by atoms with van der Waals surface area (Å²) in [6, 6.07) is 5.48. The van der Waals surface area contributed by atoms with Crippen molar-refractivity contribution >= 4 is 16.6 Å². The summed E-state index contributed by atoms with van der Waals surface area (Å²) in [5.74, 6) is 0.555. The summed E-state index contributed by atoms with van der Waals surface area (Å²) in [5.41, 5.74) is 7.26. The molecule has 0 radical (unpaired) electrons. The van der Waals surface area contributed by atoms with Crippen LogP contribution in [-0.2, 0) is 9.47 Å². The van der Waals surface area contributed by atoms with Gasteiger partial charge in [-0.3, -0.25) is 0 Å². The number of aromatic nitrogens is 2. The lowest BCUT2D eigenvalue weighted by Crippen LogP contribution is -2.07. The standard InChI is InChI=1S/C14H19N3O3/c1-18-7-8-19-5-2-6-20-14-12-9-11(15)3-4-13(12)16-10-17-14/h3-4,9-10H,2,5-8,15H2,1H3. The summed E-state index contributed by atoms with van der Waals surface area (Å²) in [4.78, 5) is 8.32. The van der Waals surface area contributed by atoms with Crippen molar-refractivity contribution in [2.75, 3.05) is 39.3 Å². The molecule has 20 heavy (non-hydrogen) atoms. The maximum Gasteiger partial charge on any atom is 0.224 e. The van der Waals surface area contributed by atoms with E-state index < -0.39 is 0 Å². The number of benzene rings is 1. The molecule has 2 aromatic rings. The van der Waals surface area contributed by atoms with Gasteiger partial charge in [0.2, 0.25) is 5.88 Å². The van der Waals surface area contributed by atoms with Crippen LogP contribution in [0.15, 0.2) is 24.5 Å². The molecule has 108 valence electrons. The van der Waals surface area contributed by atoms with Crippen LogP contribution in [0.4, 0.5) is 5.69 Å². The molecule has 1 aromatic carbocycles. The summed E-state index contributed by atoms with van der Waals surface area (Å²) in [7, 11) is 1.65. The van der Waals surface area contributed by atoms with Crippen LogP contribution < -0.4 is 10.5 Å². The van der Waals surface area contributed by atoms with E-state index in [2.05, 4.69) is 9.97 Å². The van der Waals surface area contributed by atoms with E-state index in [1.807, 2.05) is 18.2 Å². The summed E-state index contributed by atoms with van der Waals surface area (Å²) < 4.78 is 15.9. The SMILES string of the molecule is COCCOCCCOc1ncnc2ccc(N)cc12. The second-order valence-corrected chi connectivity index (χ2v) is 4.26. The number of nitrogens with two attached hydrogens (primary N) is 1. The fourth-order valence-electron chi connectivity index (χ4n) is 1.74. The Morgan fingerprint density at radius 1 is 1.10 bits per heavy atom. The summed E-state index contributed by atoms with van der Waals surface area (Å²) in [5, 5.41) is 0.827. The molecule has 0 aliphatic carbocycles. The molecule has 6 heteroatoms. The van der Waals surface area contributed by atoms with E-state index in [9.17, 15) is 0 Å². The Hall–Kier alpha value is -1.92. The van der Waals surface area contributed by atoms with Crippen molar-refractivity contribution in [3.63, 3.8) is 0 Å². The van der Waals surface area contributed by atoms with Crippen molar-refractivity contribution in [3.8, 4) is 5.88 Å². The topological polar surface area (TPSA) is 79.5 Å². The Morgan fingerprint density at radius 2 is 2.00 bits per heavy atom. The van der Waals surface area contributed by atoms with Gasteiger partial charge in [-0.15, -0.1) is 0 Å². The number of nitrogen functional groups attached to an aromatic ring is 1. The minimum absolute atomic E-state index is 0.536. The van der Waals surface area contributed by atoms with Crippen LogP contribution >= 0.6 is 0 Å². The molecule has 0 atom stereocenters. The number of anilines is 1. The van der Waals surface area contributed by atoms with E-state index in [-0.39, 0.29) is 0 Å². The molecule has 1 aromatic heterocycles. The molecule has 2 rings (SSSR count). The van der Waals surface area contributed by atoms with Gasteiger partial charge in [-0.05, 0) is 18.2 Å². The van der Waals surface area contributed by atoms with Gasteiger partial charge in [-0.1, -0.05) is 0 Å². The summed E-state index contributed by atoms with van der Waals surface area (Å²) in [6.45, 7) is 2.38. The number of ether oxygens (including phenoxy) is 3. The molecule has 0 fully saturated rings. The second kappa shape index (κ2) is 7.62. The fraction of sp³-hybridized carbons (Fsp3) is 0.429. The number of nitrogens with zero attached hydrogens (tertiary/aromatic N) is 2. The average Bonchev–Trinajstić information content (AvgIpc) is 2.46. The first-order chi connectivity index (χ1) is 9.81. The molecule has 0 spiro atoms. The third-order valence-corrected chi connectivity index (χ3v) is 2.73. The van der Waals surface area contributed by atoms with Gasteiger partial charge in [0.05, 0.1) is 30.7 Å². The normalized spacial score (nSPS) is 10.8. The van der Waals surface area contributed by atoms with Gasteiger partial charge >= 0.3 is 0 Å². The van der Waals surface area contributed by atoms with E-state index >= 15 is 0 Å². The number of rotatable bonds is 8. The predicted octanol–water partition coefficient (Wildman–Crippen LogP) is 1.64. The molecule has 0 aliphatic heterocycles. The lowest BCUT2D eigenvalue weighted by Gasteiger charge is -2.08. The molecule has 0 aliphatic rings. The first-order valence-corrected chi connectivity index (χ1v) is 6.51. The van der Waals surface area contributed by atoms with Crippen molar-refractivity contribution in [1.82, 2.24) is 9.97 Å². The molecule has 6 nitrogen and oxygen atoms in total. The van der Waals surface area contributed by atoms with Gasteiger partial charge in [-0.2, -0.15) is 0 Å². The van der Waals surface area contributed by atoms with Crippen molar-refractivity contribution in [3.05, 3.63) is 24.5 Å². The van der Waals surface area contributed by atoms with Gasteiger partial charge in [0.15, 0.2) is 0 Å². The van der Waals surface area contributed by atoms with Gasteiger partial charge < -0.3 is 19.9 Å². The van der Waals surface area contributed by atoms with Crippen molar-refractivity contribution in [2.45, 2.75) is 6.42 Å². The first kappa shape index (κ1) is 14.5. The predicted molar refractivity (Wildman–Crippen MR) is 76.8 cm³/mol. The quantitative estimate of drug-likeness (QED) is 0.583. The minimum atomic E-state index is 0.536. The molecule has 0 saturated carbocycles. The molecule has 0 amide bonds. The third-order valence-electron chi connectivity index (χ3n) is 2.73. The molecular formula is C14H19N3O3. The molecule has 0 saturated heterocycles. The smallest absolute Gasteiger partial charge is 0.224 e. The van der Waals surface area contributed by atoms with Gasteiger partial charge in [0.1, 0.15) is 6.33 Å². The Labute approximate surface area is 117 Å². The molecule has 1 heterocycles. The molecule has 2 N–H and O–H groups in total. The number of methoxy groups -OCH3 is 1. The highest BCUT2D eigenvalue weighted by molar-refractivity contribution is 5.86. The van der Waals surface area contributed by atoms with Crippen LogP contribution in [0.25, 0.3) is 10.9 Å². The van der Waals surface area contributed by atoms with Crippen molar-refractivity contribution in [1.29, 1.82) is 0 Å². The average molecular weight is 277 g/mol. The summed E-state index contributed by atoms with van der Waals surface area (Å²) in [6.07, 6.45) is 2.28. The van der Waals surface area contributed by atoms with Crippen LogP contribution in [0.2, 0.25) is 0 Å². The van der Waals surface area contributed by atoms with Crippen LogP contribution in [-0.4, -0.2) is 43.5 Å².